The van der Waals surface area contributed by atoms with Crippen molar-refractivity contribution in [3.05, 3.63) is 41.3 Å². The number of ether oxygens (including phenoxy) is 1. The summed E-state index contributed by atoms with van der Waals surface area (Å²) in [6.45, 7) is 2.02. The molecule has 19 heavy (non-hydrogen) atoms. The molecule has 6 heteroatoms. The summed E-state index contributed by atoms with van der Waals surface area (Å²) in [5.41, 5.74) is 0.259. The summed E-state index contributed by atoms with van der Waals surface area (Å²) < 4.78 is 23.7. The number of nitrogens with zero attached hydrogens (tertiary/aromatic N) is 2. The van der Waals surface area contributed by atoms with Crippen LogP contribution in [0.5, 0.6) is 5.75 Å². The minimum atomic E-state index is -0.595. The Morgan fingerprint density at radius 3 is 3.00 bits per heavy atom. The average molecular weight is 264 g/mol. The second kappa shape index (κ2) is 6.08. The second-order valence-electron chi connectivity index (χ2n) is 3.95. The van der Waals surface area contributed by atoms with Gasteiger partial charge in [-0.25, -0.2) is 4.39 Å². The molecule has 0 N–H and O–H groups in total. The van der Waals surface area contributed by atoms with Crippen molar-refractivity contribution in [2.45, 2.75) is 26.4 Å². The molecule has 1 heterocycles. The van der Waals surface area contributed by atoms with E-state index in [1.165, 1.54) is 12.1 Å². The van der Waals surface area contributed by atoms with Crippen LogP contribution in [0.3, 0.4) is 0 Å². The van der Waals surface area contributed by atoms with Crippen LogP contribution in [0.15, 0.2) is 22.7 Å². The summed E-state index contributed by atoms with van der Waals surface area (Å²) in [5.74, 6) is 0.356. The molecule has 1 aromatic heterocycles. The zero-order valence-electron chi connectivity index (χ0n) is 10.4. The Hall–Kier alpha value is -2.24. The maximum absolute atomic E-state index is 13.5. The normalized spacial score (nSPS) is 10.4. The van der Waals surface area contributed by atoms with Crippen LogP contribution in [-0.4, -0.2) is 16.4 Å². The van der Waals surface area contributed by atoms with Crippen LogP contribution in [0, 0.1) is 5.82 Å². The monoisotopic (exact) mass is 264 g/mol. The maximum atomic E-state index is 13.5. The fourth-order valence-corrected chi connectivity index (χ4v) is 1.51. The first kappa shape index (κ1) is 13.2. The standard InChI is InChI=1S/C13H13FN2O3/c1-2-3-13-15-12(16-19-13)8-18-11-5-4-9(7-17)6-10(11)14/h4-7H,2-3,8H2,1H3. The van der Waals surface area contributed by atoms with E-state index in [9.17, 15) is 9.18 Å². The van der Waals surface area contributed by atoms with Crippen molar-refractivity contribution in [1.29, 1.82) is 0 Å². The number of aryl methyl sites for hydroxylation is 1. The molecule has 0 saturated heterocycles. The van der Waals surface area contributed by atoms with Gasteiger partial charge in [0.05, 0.1) is 0 Å². The van der Waals surface area contributed by atoms with E-state index >= 15 is 0 Å². The molecule has 2 rings (SSSR count). The van der Waals surface area contributed by atoms with Gasteiger partial charge in [0.15, 0.2) is 18.2 Å². The lowest BCUT2D eigenvalue weighted by Gasteiger charge is -2.04. The van der Waals surface area contributed by atoms with Crippen molar-refractivity contribution in [3.63, 3.8) is 0 Å². The maximum Gasteiger partial charge on any atom is 0.226 e. The van der Waals surface area contributed by atoms with E-state index in [1.54, 1.807) is 0 Å². The lowest BCUT2D eigenvalue weighted by Crippen LogP contribution is -2.00. The lowest BCUT2D eigenvalue weighted by molar-refractivity contribution is 0.112. The number of benzene rings is 1. The largest absolute Gasteiger partial charge is 0.482 e. The molecule has 5 nitrogen and oxygen atoms in total. The molecule has 0 fully saturated rings. The number of hydrogen-bond acceptors (Lipinski definition) is 5. The van der Waals surface area contributed by atoms with Gasteiger partial charge in [-0.15, -0.1) is 0 Å². The highest BCUT2D eigenvalue weighted by Crippen LogP contribution is 2.18. The van der Waals surface area contributed by atoms with E-state index in [0.29, 0.717) is 24.4 Å². The van der Waals surface area contributed by atoms with E-state index in [2.05, 4.69) is 10.1 Å². The molecule has 0 saturated carbocycles. The van der Waals surface area contributed by atoms with Crippen LogP contribution in [0.1, 0.15) is 35.4 Å². The molecule has 0 bridgehead atoms. The summed E-state index contributed by atoms with van der Waals surface area (Å²) in [4.78, 5) is 14.6. The van der Waals surface area contributed by atoms with Crippen molar-refractivity contribution < 1.29 is 18.4 Å². The summed E-state index contributed by atoms with van der Waals surface area (Å²) in [7, 11) is 0. The Labute approximate surface area is 109 Å². The van der Waals surface area contributed by atoms with Gasteiger partial charge >= 0.3 is 0 Å². The number of aldehydes is 1. The smallest absolute Gasteiger partial charge is 0.226 e. The Morgan fingerprint density at radius 2 is 2.32 bits per heavy atom. The van der Waals surface area contributed by atoms with Gasteiger partial charge in [0, 0.05) is 12.0 Å². The van der Waals surface area contributed by atoms with Gasteiger partial charge in [-0.2, -0.15) is 4.98 Å². The van der Waals surface area contributed by atoms with Crippen molar-refractivity contribution in [1.82, 2.24) is 10.1 Å². The van der Waals surface area contributed by atoms with Crippen LogP contribution in [0.25, 0.3) is 0 Å². The summed E-state index contributed by atoms with van der Waals surface area (Å²) in [6.07, 6.45) is 2.18. The van der Waals surface area contributed by atoms with E-state index in [1.807, 2.05) is 6.92 Å². The number of halogens is 1. The van der Waals surface area contributed by atoms with E-state index in [-0.39, 0.29) is 17.9 Å². The predicted octanol–water partition coefficient (Wildman–Crippen LogP) is 2.55. The first-order chi connectivity index (χ1) is 9.22. The molecular formula is C13H13FN2O3. The molecule has 0 aliphatic heterocycles. The lowest BCUT2D eigenvalue weighted by atomic mass is 10.2. The molecule has 0 aliphatic carbocycles. The first-order valence-electron chi connectivity index (χ1n) is 5.92. The van der Waals surface area contributed by atoms with Gasteiger partial charge in [0.2, 0.25) is 11.7 Å². The fourth-order valence-electron chi connectivity index (χ4n) is 1.51. The third-order valence-electron chi connectivity index (χ3n) is 2.42. The topological polar surface area (TPSA) is 65.2 Å². The van der Waals surface area contributed by atoms with Gasteiger partial charge in [-0.3, -0.25) is 4.79 Å². The zero-order chi connectivity index (χ0) is 13.7. The quantitative estimate of drug-likeness (QED) is 0.750. The molecule has 1 aromatic carbocycles. The number of carbonyl (C=O) groups excluding carboxylic acids is 1. The Kier molecular flexibility index (Phi) is 4.22. The minimum absolute atomic E-state index is 0.0184. The molecule has 0 unspecified atom stereocenters. The molecule has 0 spiro atoms. The number of hydrogen-bond donors (Lipinski definition) is 0. The SMILES string of the molecule is CCCc1nc(COc2ccc(C=O)cc2F)no1. The van der Waals surface area contributed by atoms with E-state index < -0.39 is 5.82 Å². The van der Waals surface area contributed by atoms with Gasteiger partial charge in [0.1, 0.15) is 6.29 Å². The van der Waals surface area contributed by atoms with E-state index in [4.69, 9.17) is 9.26 Å². The number of carbonyl (C=O) groups is 1. The average Bonchev–Trinajstić information content (AvgIpc) is 2.85. The summed E-state index contributed by atoms with van der Waals surface area (Å²) >= 11 is 0. The minimum Gasteiger partial charge on any atom is -0.482 e. The first-order valence-corrected chi connectivity index (χ1v) is 5.92. The highest BCUT2D eigenvalue weighted by atomic mass is 19.1. The molecule has 2 aromatic rings. The Bertz CT molecular complexity index is 569. The second-order valence-corrected chi connectivity index (χ2v) is 3.95. The van der Waals surface area contributed by atoms with Crippen LogP contribution in [-0.2, 0) is 13.0 Å². The number of aromatic nitrogens is 2. The van der Waals surface area contributed by atoms with Crippen molar-refractivity contribution in [2.24, 2.45) is 0 Å². The van der Waals surface area contributed by atoms with Crippen molar-refractivity contribution >= 4 is 6.29 Å². The summed E-state index contributed by atoms with van der Waals surface area (Å²) in [6, 6.07) is 3.98. The predicted molar refractivity (Wildman–Crippen MR) is 64.4 cm³/mol. The van der Waals surface area contributed by atoms with Gasteiger partial charge in [-0.1, -0.05) is 12.1 Å². The molecule has 0 atom stereocenters. The highest BCUT2D eigenvalue weighted by molar-refractivity contribution is 5.74. The zero-order valence-corrected chi connectivity index (χ0v) is 10.4. The van der Waals surface area contributed by atoms with E-state index in [0.717, 1.165) is 12.5 Å². The fraction of sp³-hybridized carbons (Fsp3) is 0.308. The molecule has 0 aliphatic rings. The van der Waals surface area contributed by atoms with Crippen molar-refractivity contribution in [3.8, 4) is 5.75 Å². The van der Waals surface area contributed by atoms with Crippen LogP contribution in [0.2, 0.25) is 0 Å². The molecule has 0 radical (unpaired) electrons. The molecular weight excluding hydrogens is 251 g/mol. The van der Waals surface area contributed by atoms with Crippen LogP contribution >= 0.6 is 0 Å². The molecule has 0 amide bonds. The molecule has 100 valence electrons. The number of rotatable bonds is 6. The van der Waals surface area contributed by atoms with Crippen molar-refractivity contribution in [2.75, 3.05) is 0 Å². The summed E-state index contributed by atoms with van der Waals surface area (Å²) in [5, 5.41) is 3.72. The van der Waals surface area contributed by atoms with Crippen LogP contribution < -0.4 is 4.74 Å². The van der Waals surface area contributed by atoms with Crippen LogP contribution in [0.4, 0.5) is 4.39 Å². The van der Waals surface area contributed by atoms with Gasteiger partial charge in [-0.05, 0) is 24.6 Å². The third-order valence-corrected chi connectivity index (χ3v) is 2.42. The highest BCUT2D eigenvalue weighted by Gasteiger charge is 2.09. The Balaban J connectivity index is 1.99. The van der Waals surface area contributed by atoms with Gasteiger partial charge < -0.3 is 9.26 Å². The Morgan fingerprint density at radius 1 is 1.47 bits per heavy atom. The van der Waals surface area contributed by atoms with Gasteiger partial charge in [0.25, 0.3) is 0 Å². The third kappa shape index (κ3) is 3.37.